The van der Waals surface area contributed by atoms with Crippen LogP contribution in [0.5, 0.6) is 0 Å². The number of carboxylic acid groups (broad SMARTS) is 3. The van der Waals surface area contributed by atoms with E-state index in [-0.39, 0.29) is 13.1 Å². The summed E-state index contributed by atoms with van der Waals surface area (Å²) in [4.78, 5) is 49.0. The maximum absolute atomic E-state index is 11.0. The van der Waals surface area contributed by atoms with Crippen LogP contribution in [-0.4, -0.2) is 88.3 Å². The van der Waals surface area contributed by atoms with Gasteiger partial charge in [0, 0.05) is 13.1 Å². The number of nitrogens with zero attached hydrogens (tertiary/aromatic N) is 2. The second kappa shape index (κ2) is 9.63. The molecule has 0 aliphatic rings. The lowest BCUT2D eigenvalue weighted by Crippen LogP contribution is -2.43. The van der Waals surface area contributed by atoms with Crippen molar-refractivity contribution in [2.75, 3.05) is 39.3 Å². The summed E-state index contributed by atoms with van der Waals surface area (Å²) in [5.41, 5.74) is 0. The van der Waals surface area contributed by atoms with Gasteiger partial charge in [-0.3, -0.25) is 24.2 Å². The van der Waals surface area contributed by atoms with Crippen molar-refractivity contribution in [1.82, 2.24) is 9.80 Å². The van der Waals surface area contributed by atoms with Crippen LogP contribution in [0.2, 0.25) is 0 Å². The molecule has 0 fully saturated rings. The van der Waals surface area contributed by atoms with Crippen LogP contribution in [0.4, 0.5) is 0 Å². The van der Waals surface area contributed by atoms with Crippen LogP contribution < -0.4 is 5.90 Å². The molecular weight excluding hydrogens is 290 g/mol. The summed E-state index contributed by atoms with van der Waals surface area (Å²) in [6, 6.07) is 0. The van der Waals surface area contributed by atoms with Crippen molar-refractivity contribution < 1.29 is 39.3 Å². The van der Waals surface area contributed by atoms with Crippen molar-refractivity contribution >= 4 is 23.9 Å². The Morgan fingerprint density at radius 3 is 1.38 bits per heavy atom. The number of carbonyl (C=O) groups excluding carboxylic acids is 1. The van der Waals surface area contributed by atoms with Crippen LogP contribution in [0, 0.1) is 0 Å². The highest BCUT2D eigenvalue weighted by Gasteiger charge is 2.18. The van der Waals surface area contributed by atoms with Crippen LogP contribution >= 0.6 is 0 Å². The molecule has 0 radical (unpaired) electrons. The molecule has 0 aliphatic carbocycles. The smallest absolute Gasteiger partial charge is 0.338 e. The number of hydrogen-bond acceptors (Lipinski definition) is 8. The molecule has 0 atom stereocenters. The Hall–Kier alpha value is -2.24. The van der Waals surface area contributed by atoms with E-state index in [4.69, 9.17) is 15.3 Å². The molecule has 11 heteroatoms. The normalized spacial score (nSPS) is 10.6. The monoisotopic (exact) mass is 307 g/mol. The second-order valence-corrected chi connectivity index (χ2v) is 4.09. The number of carbonyl (C=O) groups is 4. The van der Waals surface area contributed by atoms with Crippen LogP contribution in [0.1, 0.15) is 0 Å². The van der Waals surface area contributed by atoms with Crippen LogP contribution in [0.15, 0.2) is 0 Å². The highest BCUT2D eigenvalue weighted by Crippen LogP contribution is 1.94. The molecule has 0 saturated carbocycles. The average molecular weight is 307 g/mol. The zero-order valence-corrected chi connectivity index (χ0v) is 11.1. The van der Waals surface area contributed by atoms with Gasteiger partial charge in [-0.15, -0.1) is 0 Å². The first-order chi connectivity index (χ1) is 9.74. The second-order valence-electron chi connectivity index (χ2n) is 4.09. The lowest BCUT2D eigenvalue weighted by molar-refractivity contribution is -0.148. The van der Waals surface area contributed by atoms with E-state index in [0.717, 1.165) is 9.80 Å². The summed E-state index contributed by atoms with van der Waals surface area (Å²) in [6.45, 7) is -2.03. The third kappa shape index (κ3) is 10.2. The Labute approximate surface area is 119 Å². The van der Waals surface area contributed by atoms with Gasteiger partial charge < -0.3 is 20.2 Å². The Morgan fingerprint density at radius 1 is 0.762 bits per heavy atom. The molecular formula is C10H17N3O8. The van der Waals surface area contributed by atoms with Gasteiger partial charge in [0.05, 0.1) is 26.2 Å². The molecule has 11 nitrogen and oxygen atoms in total. The van der Waals surface area contributed by atoms with Crippen LogP contribution in [-0.2, 0) is 24.0 Å². The van der Waals surface area contributed by atoms with Crippen LogP contribution in [0.25, 0.3) is 0 Å². The maximum Gasteiger partial charge on any atom is 0.338 e. The molecule has 0 aliphatic heterocycles. The Balaban J connectivity index is 4.56. The van der Waals surface area contributed by atoms with Gasteiger partial charge in [-0.25, -0.2) is 4.79 Å². The van der Waals surface area contributed by atoms with Gasteiger partial charge >= 0.3 is 23.9 Å². The van der Waals surface area contributed by atoms with Crippen molar-refractivity contribution in [2.24, 2.45) is 5.90 Å². The Kier molecular flexibility index (Phi) is 8.60. The topological polar surface area (TPSA) is 171 Å². The summed E-state index contributed by atoms with van der Waals surface area (Å²) < 4.78 is 0. The minimum atomic E-state index is -1.22. The van der Waals surface area contributed by atoms with Gasteiger partial charge in [-0.05, 0) is 0 Å². The molecule has 0 amide bonds. The van der Waals surface area contributed by atoms with Gasteiger partial charge in [0.2, 0.25) is 0 Å². The lowest BCUT2D eigenvalue weighted by atomic mass is 10.4. The molecule has 0 aromatic heterocycles. The minimum Gasteiger partial charge on any atom is -0.480 e. The molecule has 5 N–H and O–H groups in total. The van der Waals surface area contributed by atoms with E-state index in [0.29, 0.717) is 0 Å². The maximum atomic E-state index is 11.0. The summed E-state index contributed by atoms with van der Waals surface area (Å²) in [5, 5.41) is 26.0. The van der Waals surface area contributed by atoms with Gasteiger partial charge in [0.1, 0.15) is 0 Å². The molecule has 0 aromatic rings. The van der Waals surface area contributed by atoms with E-state index in [1.807, 2.05) is 0 Å². The Morgan fingerprint density at radius 2 is 1.10 bits per heavy atom. The van der Waals surface area contributed by atoms with Crippen molar-refractivity contribution in [2.45, 2.75) is 0 Å². The summed E-state index contributed by atoms with van der Waals surface area (Å²) in [7, 11) is 0. The average Bonchev–Trinajstić information content (AvgIpc) is 2.33. The molecule has 0 saturated heterocycles. The summed E-state index contributed by atoms with van der Waals surface area (Å²) >= 11 is 0. The number of nitrogens with two attached hydrogens (primary N) is 1. The van der Waals surface area contributed by atoms with E-state index >= 15 is 0 Å². The molecule has 0 unspecified atom stereocenters. The minimum absolute atomic E-state index is 0.0397. The fourth-order valence-electron chi connectivity index (χ4n) is 1.50. The van der Waals surface area contributed by atoms with Crippen molar-refractivity contribution in [3.8, 4) is 0 Å². The Bertz CT molecular complexity index is 384. The van der Waals surface area contributed by atoms with E-state index < -0.39 is 50.1 Å². The fourth-order valence-corrected chi connectivity index (χ4v) is 1.50. The molecule has 0 bridgehead atoms. The van der Waals surface area contributed by atoms with E-state index in [2.05, 4.69) is 10.7 Å². The van der Waals surface area contributed by atoms with Gasteiger partial charge in [0.15, 0.2) is 0 Å². The highest BCUT2D eigenvalue weighted by atomic mass is 16.7. The van der Waals surface area contributed by atoms with Crippen molar-refractivity contribution in [3.05, 3.63) is 0 Å². The van der Waals surface area contributed by atoms with Gasteiger partial charge in [0.25, 0.3) is 0 Å². The van der Waals surface area contributed by atoms with Gasteiger partial charge in [-0.1, -0.05) is 0 Å². The molecule has 0 aromatic carbocycles. The molecule has 0 spiro atoms. The third-order valence-electron chi connectivity index (χ3n) is 2.29. The number of rotatable bonds is 11. The number of aliphatic carboxylic acids is 3. The lowest BCUT2D eigenvalue weighted by Gasteiger charge is -2.23. The molecule has 21 heavy (non-hydrogen) atoms. The van der Waals surface area contributed by atoms with E-state index in [9.17, 15) is 19.2 Å². The zero-order chi connectivity index (χ0) is 16.4. The quantitative estimate of drug-likeness (QED) is 0.292. The standard InChI is InChI=1S/C10H17N3O8/c11-21-10(20)6-13(5-9(18)19)2-1-12(3-7(14)15)4-8(16)17/h1-6,11H2,(H,14,15)(H,16,17)(H,18,19). The van der Waals surface area contributed by atoms with Gasteiger partial charge in [-0.2, -0.15) is 5.90 Å². The number of carboxylic acids is 3. The molecule has 0 heterocycles. The van der Waals surface area contributed by atoms with E-state index in [1.165, 1.54) is 0 Å². The zero-order valence-electron chi connectivity index (χ0n) is 11.1. The first-order valence-electron chi connectivity index (χ1n) is 5.74. The van der Waals surface area contributed by atoms with Crippen LogP contribution in [0.3, 0.4) is 0 Å². The highest BCUT2D eigenvalue weighted by molar-refractivity contribution is 5.74. The third-order valence-corrected chi connectivity index (χ3v) is 2.29. The molecule has 120 valence electrons. The van der Waals surface area contributed by atoms with Crippen molar-refractivity contribution in [1.29, 1.82) is 0 Å². The van der Waals surface area contributed by atoms with Crippen molar-refractivity contribution in [3.63, 3.8) is 0 Å². The summed E-state index contributed by atoms with van der Waals surface area (Å²) in [6.07, 6.45) is 0. The first kappa shape index (κ1) is 18.8. The molecule has 0 rings (SSSR count). The first-order valence-corrected chi connectivity index (χ1v) is 5.74. The number of hydrogen-bond donors (Lipinski definition) is 4. The fraction of sp³-hybridized carbons (Fsp3) is 0.600. The predicted octanol–water partition coefficient (Wildman–Crippen LogP) is -2.74. The largest absolute Gasteiger partial charge is 0.480 e. The van der Waals surface area contributed by atoms with E-state index in [1.54, 1.807) is 0 Å². The summed E-state index contributed by atoms with van der Waals surface area (Å²) in [5.74, 6) is 0.142. The predicted molar refractivity (Wildman–Crippen MR) is 66.1 cm³/mol. The SMILES string of the molecule is NOC(=O)CN(CCN(CC(=O)O)CC(=O)O)CC(=O)O.